The molecule has 94 valence electrons. The fourth-order valence-electron chi connectivity index (χ4n) is 1.49. The predicted molar refractivity (Wildman–Crippen MR) is 66.8 cm³/mol. The lowest BCUT2D eigenvalue weighted by molar-refractivity contribution is 0.0785. The number of nitrogens with zero attached hydrogens (tertiary/aromatic N) is 3. The monoisotopic (exact) mass is 265 g/mol. The number of carbonyl (C=O) groups is 1. The van der Waals surface area contributed by atoms with Crippen LogP contribution in [-0.2, 0) is 6.54 Å². The van der Waals surface area contributed by atoms with Crippen LogP contribution >= 0.6 is 11.3 Å². The first kappa shape index (κ1) is 12.6. The highest BCUT2D eigenvalue weighted by molar-refractivity contribution is 7.09. The minimum atomic E-state index is -0.590. The van der Waals surface area contributed by atoms with Crippen LogP contribution < -0.4 is 0 Å². The molecule has 2 heterocycles. The van der Waals surface area contributed by atoms with Crippen molar-refractivity contribution in [2.75, 3.05) is 7.05 Å². The predicted octanol–water partition coefficient (Wildman–Crippen LogP) is 2.26. The van der Waals surface area contributed by atoms with Crippen LogP contribution in [0, 0.1) is 12.9 Å². The van der Waals surface area contributed by atoms with Crippen LogP contribution in [-0.4, -0.2) is 27.8 Å². The summed E-state index contributed by atoms with van der Waals surface area (Å²) in [5, 5.41) is 0. The van der Waals surface area contributed by atoms with Crippen molar-refractivity contribution >= 4 is 17.2 Å². The summed E-state index contributed by atoms with van der Waals surface area (Å²) in [6.07, 6.45) is 1.24. The van der Waals surface area contributed by atoms with E-state index in [4.69, 9.17) is 0 Å². The molecule has 0 N–H and O–H groups in total. The summed E-state index contributed by atoms with van der Waals surface area (Å²) in [6.45, 7) is 2.40. The summed E-state index contributed by atoms with van der Waals surface area (Å²) in [5.74, 6) is -0.775. The van der Waals surface area contributed by atoms with E-state index >= 15 is 0 Å². The Hall–Kier alpha value is -1.82. The third-order valence-corrected chi connectivity index (χ3v) is 3.47. The zero-order valence-electron chi connectivity index (χ0n) is 10.1. The van der Waals surface area contributed by atoms with Crippen molar-refractivity contribution in [1.29, 1.82) is 0 Å². The first-order chi connectivity index (χ1) is 8.58. The number of hydrogen-bond donors (Lipinski definition) is 0. The molecule has 2 aromatic heterocycles. The summed E-state index contributed by atoms with van der Waals surface area (Å²) in [5.41, 5.74) is 3.06. The highest BCUT2D eigenvalue weighted by atomic mass is 32.1. The number of aryl methyl sites for hydroxylation is 1. The molecular weight excluding hydrogens is 253 g/mol. The van der Waals surface area contributed by atoms with Gasteiger partial charge in [-0.05, 0) is 19.1 Å². The number of aromatic nitrogens is 2. The van der Waals surface area contributed by atoms with Crippen molar-refractivity contribution in [3.63, 3.8) is 0 Å². The molecule has 0 aliphatic carbocycles. The second-order valence-corrected chi connectivity index (χ2v) is 4.83. The van der Waals surface area contributed by atoms with Crippen molar-refractivity contribution in [2.24, 2.45) is 0 Å². The zero-order valence-corrected chi connectivity index (χ0v) is 10.9. The molecule has 0 fully saturated rings. The zero-order chi connectivity index (χ0) is 13.1. The second-order valence-electron chi connectivity index (χ2n) is 3.89. The Morgan fingerprint density at radius 2 is 2.22 bits per heavy atom. The van der Waals surface area contributed by atoms with Gasteiger partial charge in [0.05, 0.1) is 23.3 Å². The molecule has 0 aliphatic heterocycles. The number of thiazole rings is 1. The van der Waals surface area contributed by atoms with E-state index in [9.17, 15) is 9.18 Å². The second kappa shape index (κ2) is 5.22. The molecule has 0 saturated carbocycles. The summed E-state index contributed by atoms with van der Waals surface area (Å²) in [6, 6.07) is 2.61. The Balaban J connectivity index is 2.09. The standard InChI is InChI=1S/C12H12FN3OS/c1-8-10(18-7-15-8)6-16(2)12(17)9-3-4-11(13)14-5-9/h3-5,7H,6H2,1-2H3. The first-order valence-electron chi connectivity index (χ1n) is 5.34. The van der Waals surface area contributed by atoms with E-state index in [-0.39, 0.29) is 5.91 Å². The lowest BCUT2D eigenvalue weighted by Gasteiger charge is -2.16. The minimum Gasteiger partial charge on any atom is -0.336 e. The van der Waals surface area contributed by atoms with Crippen LogP contribution in [0.1, 0.15) is 20.9 Å². The van der Waals surface area contributed by atoms with Crippen LogP contribution in [0.3, 0.4) is 0 Å². The maximum atomic E-state index is 12.7. The molecule has 1 amide bonds. The van der Waals surface area contributed by atoms with Gasteiger partial charge in [-0.15, -0.1) is 11.3 Å². The Kier molecular flexibility index (Phi) is 3.66. The van der Waals surface area contributed by atoms with E-state index in [1.165, 1.54) is 29.7 Å². The largest absolute Gasteiger partial charge is 0.336 e. The van der Waals surface area contributed by atoms with E-state index in [1.54, 1.807) is 17.5 Å². The molecule has 0 atom stereocenters. The summed E-state index contributed by atoms with van der Waals surface area (Å²) >= 11 is 1.51. The topological polar surface area (TPSA) is 46.1 Å². The van der Waals surface area contributed by atoms with Gasteiger partial charge in [0.2, 0.25) is 5.95 Å². The summed E-state index contributed by atoms with van der Waals surface area (Å²) in [7, 11) is 1.70. The summed E-state index contributed by atoms with van der Waals surface area (Å²) in [4.78, 5) is 22.3. The number of halogens is 1. The van der Waals surface area contributed by atoms with Crippen LogP contribution in [0.2, 0.25) is 0 Å². The van der Waals surface area contributed by atoms with Gasteiger partial charge >= 0.3 is 0 Å². The highest BCUT2D eigenvalue weighted by Gasteiger charge is 2.14. The number of pyridine rings is 1. The fraction of sp³-hybridized carbons (Fsp3) is 0.250. The third kappa shape index (κ3) is 2.70. The quantitative estimate of drug-likeness (QED) is 0.800. The molecular formula is C12H12FN3OS. The van der Waals surface area contributed by atoms with Crippen LogP contribution in [0.4, 0.5) is 4.39 Å². The molecule has 4 nitrogen and oxygen atoms in total. The number of amides is 1. The summed E-state index contributed by atoms with van der Waals surface area (Å²) < 4.78 is 12.7. The molecule has 0 bridgehead atoms. The molecule has 0 aromatic carbocycles. The lowest BCUT2D eigenvalue weighted by Crippen LogP contribution is -2.26. The van der Waals surface area contributed by atoms with Gasteiger partial charge in [0.25, 0.3) is 5.91 Å². The molecule has 6 heteroatoms. The Bertz CT molecular complexity index is 553. The van der Waals surface area contributed by atoms with Crippen molar-refractivity contribution in [2.45, 2.75) is 13.5 Å². The normalized spacial score (nSPS) is 10.4. The maximum absolute atomic E-state index is 12.7. The van der Waals surface area contributed by atoms with Crippen LogP contribution in [0.25, 0.3) is 0 Å². The van der Waals surface area contributed by atoms with E-state index < -0.39 is 5.95 Å². The molecule has 2 rings (SSSR count). The number of hydrogen-bond acceptors (Lipinski definition) is 4. The SMILES string of the molecule is Cc1ncsc1CN(C)C(=O)c1ccc(F)nc1. The minimum absolute atomic E-state index is 0.185. The van der Waals surface area contributed by atoms with Crippen LogP contribution in [0.5, 0.6) is 0 Å². The van der Waals surface area contributed by atoms with Crippen molar-refractivity contribution in [3.8, 4) is 0 Å². The number of carbonyl (C=O) groups excluding carboxylic acids is 1. The van der Waals surface area contributed by atoms with Gasteiger partial charge in [0.1, 0.15) is 0 Å². The van der Waals surface area contributed by atoms with Gasteiger partial charge in [-0.1, -0.05) is 0 Å². The average Bonchev–Trinajstić information content (AvgIpc) is 2.75. The average molecular weight is 265 g/mol. The van der Waals surface area contributed by atoms with E-state index in [0.717, 1.165) is 10.6 Å². The molecule has 0 unspecified atom stereocenters. The van der Waals surface area contributed by atoms with Gasteiger partial charge in [0, 0.05) is 18.1 Å². The van der Waals surface area contributed by atoms with E-state index in [0.29, 0.717) is 12.1 Å². The Morgan fingerprint density at radius 3 is 2.78 bits per heavy atom. The fourth-order valence-corrected chi connectivity index (χ4v) is 2.32. The van der Waals surface area contributed by atoms with Gasteiger partial charge in [0.15, 0.2) is 0 Å². The smallest absolute Gasteiger partial charge is 0.255 e. The van der Waals surface area contributed by atoms with Crippen molar-refractivity contribution < 1.29 is 9.18 Å². The van der Waals surface area contributed by atoms with E-state index in [2.05, 4.69) is 9.97 Å². The van der Waals surface area contributed by atoms with Crippen LogP contribution in [0.15, 0.2) is 23.8 Å². The Morgan fingerprint density at radius 1 is 1.44 bits per heavy atom. The first-order valence-corrected chi connectivity index (χ1v) is 6.22. The Labute approximate surface area is 108 Å². The number of rotatable bonds is 3. The highest BCUT2D eigenvalue weighted by Crippen LogP contribution is 2.15. The third-order valence-electron chi connectivity index (χ3n) is 2.55. The van der Waals surface area contributed by atoms with Gasteiger partial charge in [-0.3, -0.25) is 4.79 Å². The molecule has 0 spiro atoms. The molecule has 18 heavy (non-hydrogen) atoms. The van der Waals surface area contributed by atoms with Gasteiger partial charge < -0.3 is 4.90 Å². The lowest BCUT2D eigenvalue weighted by atomic mass is 10.2. The molecule has 2 aromatic rings. The molecule has 0 radical (unpaired) electrons. The van der Waals surface area contributed by atoms with Crippen molar-refractivity contribution in [3.05, 3.63) is 45.9 Å². The molecule has 0 aliphatic rings. The van der Waals surface area contributed by atoms with Gasteiger partial charge in [-0.25, -0.2) is 9.97 Å². The maximum Gasteiger partial charge on any atom is 0.255 e. The van der Waals surface area contributed by atoms with Crippen molar-refractivity contribution in [1.82, 2.24) is 14.9 Å². The molecule has 0 saturated heterocycles. The van der Waals surface area contributed by atoms with Gasteiger partial charge in [-0.2, -0.15) is 4.39 Å². The van der Waals surface area contributed by atoms with E-state index in [1.807, 2.05) is 6.92 Å².